The molecule has 1 atom stereocenters. The molecule has 27 heavy (non-hydrogen) atoms. The first-order valence-electron chi connectivity index (χ1n) is 9.11. The number of pyridine rings is 1. The van der Waals surface area contributed by atoms with Gasteiger partial charge in [-0.2, -0.15) is 11.3 Å². The lowest BCUT2D eigenvalue weighted by atomic mass is 10.1. The van der Waals surface area contributed by atoms with E-state index in [1.807, 2.05) is 28.8 Å². The summed E-state index contributed by atoms with van der Waals surface area (Å²) in [7, 11) is 0. The van der Waals surface area contributed by atoms with E-state index in [1.54, 1.807) is 11.3 Å². The van der Waals surface area contributed by atoms with Crippen molar-refractivity contribution in [3.8, 4) is 0 Å². The van der Waals surface area contributed by atoms with E-state index in [2.05, 4.69) is 51.5 Å². The number of aliphatic imine (C=N–C) groups is 1. The zero-order valence-corrected chi connectivity index (χ0v) is 18.9. The van der Waals surface area contributed by atoms with Crippen LogP contribution in [0.3, 0.4) is 0 Å². The molecular formula is C19H27IN6S. The van der Waals surface area contributed by atoms with Crippen LogP contribution in [0, 0.1) is 0 Å². The molecule has 8 heteroatoms. The number of rotatable bonds is 8. The highest BCUT2D eigenvalue weighted by atomic mass is 127. The van der Waals surface area contributed by atoms with Crippen molar-refractivity contribution in [2.75, 3.05) is 19.6 Å². The van der Waals surface area contributed by atoms with Crippen molar-refractivity contribution in [3.63, 3.8) is 0 Å². The molecule has 0 aliphatic heterocycles. The van der Waals surface area contributed by atoms with Gasteiger partial charge in [-0.05, 0) is 47.9 Å². The molecule has 0 aliphatic carbocycles. The fourth-order valence-corrected chi connectivity index (χ4v) is 3.53. The second-order valence-electron chi connectivity index (χ2n) is 6.25. The lowest BCUT2D eigenvalue weighted by Gasteiger charge is -2.13. The molecule has 0 saturated carbocycles. The molecule has 3 aromatic rings. The van der Waals surface area contributed by atoms with Gasteiger partial charge in [-0.1, -0.05) is 13.0 Å². The molecular weight excluding hydrogens is 471 g/mol. The molecule has 3 aromatic heterocycles. The van der Waals surface area contributed by atoms with E-state index in [1.165, 1.54) is 5.56 Å². The second kappa shape index (κ2) is 11.2. The van der Waals surface area contributed by atoms with Crippen molar-refractivity contribution in [2.24, 2.45) is 4.99 Å². The molecule has 0 fully saturated rings. The van der Waals surface area contributed by atoms with Crippen LogP contribution in [-0.4, -0.2) is 40.2 Å². The van der Waals surface area contributed by atoms with Gasteiger partial charge in [0.15, 0.2) is 11.6 Å². The van der Waals surface area contributed by atoms with E-state index in [4.69, 9.17) is 4.99 Å². The Hall–Kier alpha value is -1.68. The number of thiophene rings is 1. The fraction of sp³-hybridized carbons (Fsp3) is 0.421. The molecule has 6 nitrogen and oxygen atoms in total. The smallest absolute Gasteiger partial charge is 0.191 e. The van der Waals surface area contributed by atoms with Gasteiger partial charge in [-0.3, -0.25) is 9.39 Å². The Morgan fingerprint density at radius 1 is 1.26 bits per heavy atom. The Balaban J connectivity index is 0.00000261. The number of hydrogen-bond donors (Lipinski definition) is 2. The zero-order chi connectivity index (χ0) is 18.2. The van der Waals surface area contributed by atoms with Crippen LogP contribution in [-0.2, 0) is 6.42 Å². The maximum Gasteiger partial charge on any atom is 0.191 e. The number of aryl methyl sites for hydroxylation is 1. The summed E-state index contributed by atoms with van der Waals surface area (Å²) in [4.78, 5) is 4.72. The number of halogens is 1. The van der Waals surface area contributed by atoms with E-state index >= 15 is 0 Å². The van der Waals surface area contributed by atoms with Crippen molar-refractivity contribution < 1.29 is 0 Å². The molecule has 0 bridgehead atoms. The Morgan fingerprint density at radius 2 is 2.15 bits per heavy atom. The van der Waals surface area contributed by atoms with E-state index < -0.39 is 0 Å². The first-order chi connectivity index (χ1) is 12.8. The van der Waals surface area contributed by atoms with Gasteiger partial charge in [0.2, 0.25) is 0 Å². The number of nitrogens with zero attached hydrogens (tertiary/aromatic N) is 4. The average molecular weight is 498 g/mol. The zero-order valence-electron chi connectivity index (χ0n) is 15.8. The van der Waals surface area contributed by atoms with Crippen LogP contribution in [0.5, 0.6) is 0 Å². The third-order valence-corrected chi connectivity index (χ3v) is 4.94. The maximum absolute atomic E-state index is 4.72. The monoisotopic (exact) mass is 498 g/mol. The molecule has 2 N–H and O–H groups in total. The quantitative estimate of drug-likeness (QED) is 0.215. The van der Waals surface area contributed by atoms with Gasteiger partial charge in [0.1, 0.15) is 5.82 Å². The van der Waals surface area contributed by atoms with Crippen molar-refractivity contribution in [1.29, 1.82) is 0 Å². The van der Waals surface area contributed by atoms with E-state index in [9.17, 15) is 0 Å². The highest BCUT2D eigenvalue weighted by molar-refractivity contribution is 14.0. The Morgan fingerprint density at radius 3 is 2.93 bits per heavy atom. The number of aromatic nitrogens is 3. The van der Waals surface area contributed by atoms with Crippen molar-refractivity contribution in [3.05, 3.63) is 52.6 Å². The van der Waals surface area contributed by atoms with Crippen LogP contribution >= 0.6 is 35.3 Å². The molecule has 0 saturated heterocycles. The van der Waals surface area contributed by atoms with Crippen LogP contribution in [0.1, 0.15) is 37.6 Å². The summed E-state index contributed by atoms with van der Waals surface area (Å²) in [5, 5.41) is 19.5. The number of guanidine groups is 1. The molecule has 146 valence electrons. The molecule has 0 amide bonds. The molecule has 1 unspecified atom stereocenters. The molecule has 0 aliphatic rings. The highest BCUT2D eigenvalue weighted by Gasteiger charge is 2.07. The van der Waals surface area contributed by atoms with Gasteiger partial charge in [-0.15, -0.1) is 34.2 Å². The Bertz CT molecular complexity index is 830. The van der Waals surface area contributed by atoms with Gasteiger partial charge in [0.05, 0.1) is 0 Å². The van der Waals surface area contributed by atoms with E-state index in [0.717, 1.165) is 49.9 Å². The van der Waals surface area contributed by atoms with E-state index in [0.29, 0.717) is 5.92 Å². The highest BCUT2D eigenvalue weighted by Crippen LogP contribution is 2.18. The number of hydrogen-bond acceptors (Lipinski definition) is 4. The van der Waals surface area contributed by atoms with Crippen LogP contribution in [0.4, 0.5) is 0 Å². The summed E-state index contributed by atoms with van der Waals surface area (Å²) >= 11 is 1.74. The van der Waals surface area contributed by atoms with Gasteiger partial charge in [0.25, 0.3) is 0 Å². The fourth-order valence-electron chi connectivity index (χ4n) is 2.75. The van der Waals surface area contributed by atoms with Crippen molar-refractivity contribution >= 4 is 46.9 Å². The molecule has 3 heterocycles. The first-order valence-corrected chi connectivity index (χ1v) is 10.0. The number of nitrogens with one attached hydrogen (secondary N) is 2. The van der Waals surface area contributed by atoms with Gasteiger partial charge < -0.3 is 10.6 Å². The minimum atomic E-state index is 0. The maximum atomic E-state index is 4.72. The predicted molar refractivity (Wildman–Crippen MR) is 123 cm³/mol. The summed E-state index contributed by atoms with van der Waals surface area (Å²) in [6.45, 7) is 6.78. The molecule has 0 radical (unpaired) electrons. The summed E-state index contributed by atoms with van der Waals surface area (Å²) < 4.78 is 2.04. The second-order valence-corrected chi connectivity index (χ2v) is 7.03. The lowest BCUT2D eigenvalue weighted by molar-refractivity contribution is 0.706. The normalized spacial score (nSPS) is 12.6. The minimum Gasteiger partial charge on any atom is -0.357 e. The van der Waals surface area contributed by atoms with E-state index in [-0.39, 0.29) is 24.0 Å². The first kappa shape index (κ1) is 21.6. The van der Waals surface area contributed by atoms with Crippen LogP contribution < -0.4 is 10.6 Å². The minimum absolute atomic E-state index is 0. The summed E-state index contributed by atoms with van der Waals surface area (Å²) in [5.41, 5.74) is 2.25. The van der Waals surface area contributed by atoms with Crippen molar-refractivity contribution in [1.82, 2.24) is 25.2 Å². The molecule has 3 rings (SSSR count). The standard InChI is InChI=1S/C19H26N6S.HI/c1-3-20-19(22-13-15(2)16-9-12-26-14-16)21-10-6-8-18-24-23-17-7-4-5-11-25(17)18;/h4-5,7,9,11-12,14-15H,3,6,8,10,13H2,1-2H3,(H2,20,21,22);1H. The van der Waals surface area contributed by atoms with Gasteiger partial charge in [0, 0.05) is 38.2 Å². The topological polar surface area (TPSA) is 66.6 Å². The SMILES string of the molecule is CCNC(=NCC(C)c1ccsc1)NCCCc1nnc2ccccn12.I. The third-order valence-electron chi connectivity index (χ3n) is 4.23. The third kappa shape index (κ3) is 6.17. The predicted octanol–water partition coefficient (Wildman–Crippen LogP) is 3.70. The largest absolute Gasteiger partial charge is 0.357 e. The molecule has 0 aromatic carbocycles. The van der Waals surface area contributed by atoms with Crippen molar-refractivity contribution in [2.45, 2.75) is 32.6 Å². The van der Waals surface area contributed by atoms with Gasteiger partial charge in [-0.25, -0.2) is 0 Å². The Labute approximate surface area is 181 Å². The van der Waals surface area contributed by atoms with Crippen LogP contribution in [0.25, 0.3) is 5.65 Å². The van der Waals surface area contributed by atoms with Gasteiger partial charge >= 0.3 is 0 Å². The van der Waals surface area contributed by atoms with Crippen LogP contribution in [0.15, 0.2) is 46.2 Å². The Kier molecular flexibility index (Phi) is 8.99. The average Bonchev–Trinajstić information content (AvgIpc) is 3.33. The summed E-state index contributed by atoms with van der Waals surface area (Å²) in [5.74, 6) is 2.30. The summed E-state index contributed by atoms with van der Waals surface area (Å²) in [6.07, 6.45) is 3.86. The summed E-state index contributed by atoms with van der Waals surface area (Å²) in [6, 6.07) is 8.13. The molecule has 0 spiro atoms. The van der Waals surface area contributed by atoms with Crippen LogP contribution in [0.2, 0.25) is 0 Å². The lowest BCUT2D eigenvalue weighted by Crippen LogP contribution is -2.38. The number of fused-ring (bicyclic) bond motifs is 1.